The molecule has 0 heterocycles. The van der Waals surface area contributed by atoms with E-state index in [1.54, 1.807) is 6.07 Å². The fourth-order valence-corrected chi connectivity index (χ4v) is 2.11. The molecule has 4 nitrogen and oxygen atoms in total. The smallest absolute Gasteiger partial charge is 0.348 e. The number of rotatable bonds is 6. The maximum atomic E-state index is 12.8. The lowest BCUT2D eigenvalue weighted by Crippen LogP contribution is -2.39. The average molecular weight is 330 g/mol. The molecule has 1 N–H and O–H groups in total. The van der Waals surface area contributed by atoms with Crippen LogP contribution in [0.2, 0.25) is 0 Å². The van der Waals surface area contributed by atoms with Gasteiger partial charge in [-0.25, -0.2) is 0 Å². The molecule has 0 radical (unpaired) electrons. The summed E-state index contributed by atoms with van der Waals surface area (Å²) >= 11 is 0. The van der Waals surface area contributed by atoms with E-state index in [1.807, 2.05) is 6.92 Å². The lowest BCUT2D eigenvalue weighted by atomic mass is 10.00. The topological polar surface area (TPSA) is 49.4 Å². The van der Waals surface area contributed by atoms with Crippen LogP contribution >= 0.6 is 0 Å². The fraction of sp³-hybridized carbons (Fsp3) is 0.500. The minimum absolute atomic E-state index is 0.130. The average Bonchev–Trinajstić information content (AvgIpc) is 2.45. The number of benzene rings is 1. The number of nitrogens with one attached hydrogen (secondary N) is 1. The van der Waals surface area contributed by atoms with Crippen molar-refractivity contribution in [3.8, 4) is 0 Å². The van der Waals surface area contributed by atoms with E-state index in [-0.39, 0.29) is 12.5 Å². The lowest BCUT2D eigenvalue weighted by Gasteiger charge is -2.22. The van der Waals surface area contributed by atoms with Crippen LogP contribution in [0, 0.1) is 0 Å². The molecule has 1 rings (SSSR count). The summed E-state index contributed by atoms with van der Waals surface area (Å²) in [5.74, 6) is -0.662. The molecular weight excluding hydrogens is 309 g/mol. The van der Waals surface area contributed by atoms with Gasteiger partial charge in [-0.3, -0.25) is 9.59 Å². The molecule has 0 aliphatic carbocycles. The molecule has 1 atom stereocenters. The Morgan fingerprint density at radius 2 is 1.96 bits per heavy atom. The largest absolute Gasteiger partial charge is 0.416 e. The first kappa shape index (κ1) is 19.0. The third-order valence-corrected chi connectivity index (χ3v) is 3.45. The quantitative estimate of drug-likeness (QED) is 0.871. The molecule has 1 aromatic carbocycles. The van der Waals surface area contributed by atoms with Crippen LogP contribution in [0.15, 0.2) is 24.3 Å². The molecule has 7 heteroatoms. The Morgan fingerprint density at radius 3 is 2.48 bits per heavy atom. The zero-order valence-corrected chi connectivity index (χ0v) is 13.4. The van der Waals surface area contributed by atoms with Crippen LogP contribution in [0.25, 0.3) is 0 Å². The van der Waals surface area contributed by atoms with Gasteiger partial charge in [-0.05, 0) is 24.1 Å². The van der Waals surface area contributed by atoms with Crippen LogP contribution in [0.1, 0.15) is 43.9 Å². The number of nitrogens with zero attached hydrogens (tertiary/aromatic N) is 1. The maximum absolute atomic E-state index is 12.8. The van der Waals surface area contributed by atoms with Crippen molar-refractivity contribution < 1.29 is 22.8 Å². The molecule has 0 saturated heterocycles. The van der Waals surface area contributed by atoms with Crippen LogP contribution in [0.5, 0.6) is 0 Å². The Labute approximate surface area is 133 Å². The van der Waals surface area contributed by atoms with Crippen molar-refractivity contribution in [2.75, 3.05) is 13.6 Å². The van der Waals surface area contributed by atoms with E-state index in [1.165, 1.54) is 24.9 Å². The van der Waals surface area contributed by atoms with E-state index in [0.29, 0.717) is 18.4 Å². The van der Waals surface area contributed by atoms with Crippen molar-refractivity contribution in [1.29, 1.82) is 0 Å². The molecule has 0 bridgehead atoms. The van der Waals surface area contributed by atoms with E-state index in [0.717, 1.165) is 12.1 Å². The molecule has 0 saturated carbocycles. The number of halogens is 3. The second-order valence-corrected chi connectivity index (χ2v) is 5.41. The zero-order valence-electron chi connectivity index (χ0n) is 13.4. The summed E-state index contributed by atoms with van der Waals surface area (Å²) < 4.78 is 38.4. The number of hydrogen-bond acceptors (Lipinski definition) is 2. The SMILES string of the molecule is CCCC(NC(=O)CN(C)C(C)=O)c1cccc(C(F)(F)F)c1. The Morgan fingerprint density at radius 1 is 1.30 bits per heavy atom. The van der Waals surface area contributed by atoms with E-state index in [4.69, 9.17) is 0 Å². The van der Waals surface area contributed by atoms with Gasteiger partial charge in [0, 0.05) is 14.0 Å². The Balaban J connectivity index is 2.90. The molecule has 0 spiro atoms. The summed E-state index contributed by atoms with van der Waals surface area (Å²) in [6.45, 7) is 3.09. The predicted molar refractivity (Wildman–Crippen MR) is 80.5 cm³/mol. The fourth-order valence-electron chi connectivity index (χ4n) is 2.11. The third kappa shape index (κ3) is 5.92. The van der Waals surface area contributed by atoms with E-state index >= 15 is 0 Å². The van der Waals surface area contributed by atoms with Gasteiger partial charge in [-0.1, -0.05) is 25.5 Å². The minimum Gasteiger partial charge on any atom is -0.348 e. The van der Waals surface area contributed by atoms with Crippen LogP contribution in [0.4, 0.5) is 13.2 Å². The standard InChI is InChI=1S/C16H21F3N2O2/c1-4-6-14(20-15(23)10-21(3)11(2)22)12-7-5-8-13(9-12)16(17,18)19/h5,7-9,14H,4,6,10H2,1-3H3,(H,20,23). The lowest BCUT2D eigenvalue weighted by molar-refractivity contribution is -0.137. The number of amides is 2. The number of carbonyl (C=O) groups excluding carboxylic acids is 2. The summed E-state index contributed by atoms with van der Waals surface area (Å²) in [7, 11) is 1.49. The zero-order chi connectivity index (χ0) is 17.6. The molecule has 1 unspecified atom stereocenters. The Kier molecular flexibility index (Phi) is 6.60. The van der Waals surface area contributed by atoms with Crippen LogP contribution in [0.3, 0.4) is 0 Å². The first-order valence-electron chi connectivity index (χ1n) is 7.33. The van der Waals surface area contributed by atoms with Gasteiger partial charge in [0.25, 0.3) is 0 Å². The molecule has 0 aliphatic heterocycles. The molecule has 2 amide bonds. The summed E-state index contributed by atoms with van der Waals surface area (Å²) in [6.07, 6.45) is -3.22. The van der Waals surface area contributed by atoms with Gasteiger partial charge in [0.15, 0.2) is 0 Å². The number of likely N-dealkylation sites (N-methyl/N-ethyl adjacent to an activating group) is 1. The summed E-state index contributed by atoms with van der Waals surface area (Å²) in [4.78, 5) is 24.3. The molecule has 1 aromatic rings. The molecule has 23 heavy (non-hydrogen) atoms. The first-order chi connectivity index (χ1) is 10.6. The van der Waals surface area contributed by atoms with Crippen molar-refractivity contribution >= 4 is 11.8 Å². The van der Waals surface area contributed by atoms with Crippen molar-refractivity contribution in [2.45, 2.75) is 38.9 Å². The monoisotopic (exact) mass is 330 g/mol. The normalized spacial score (nSPS) is 12.6. The highest BCUT2D eigenvalue weighted by molar-refractivity contribution is 5.83. The maximum Gasteiger partial charge on any atom is 0.416 e. The van der Waals surface area contributed by atoms with Crippen molar-refractivity contribution in [1.82, 2.24) is 10.2 Å². The second-order valence-electron chi connectivity index (χ2n) is 5.41. The van der Waals surface area contributed by atoms with Crippen LogP contribution in [-0.4, -0.2) is 30.3 Å². The van der Waals surface area contributed by atoms with Gasteiger partial charge in [0.1, 0.15) is 0 Å². The molecule has 128 valence electrons. The summed E-state index contributed by atoms with van der Waals surface area (Å²) in [6, 6.07) is 4.42. The van der Waals surface area contributed by atoms with Crippen LogP contribution in [-0.2, 0) is 15.8 Å². The molecule has 0 aliphatic rings. The Hall–Kier alpha value is -2.05. The van der Waals surface area contributed by atoms with Crippen molar-refractivity contribution in [3.05, 3.63) is 35.4 Å². The van der Waals surface area contributed by atoms with E-state index in [2.05, 4.69) is 5.32 Å². The van der Waals surface area contributed by atoms with E-state index < -0.39 is 23.7 Å². The van der Waals surface area contributed by atoms with Crippen LogP contribution < -0.4 is 5.32 Å². The van der Waals surface area contributed by atoms with Crippen molar-refractivity contribution in [2.24, 2.45) is 0 Å². The first-order valence-corrected chi connectivity index (χ1v) is 7.33. The third-order valence-electron chi connectivity index (χ3n) is 3.45. The molecule has 0 aromatic heterocycles. The minimum atomic E-state index is -4.42. The second kappa shape index (κ2) is 7.99. The Bertz CT molecular complexity index is 559. The molecule has 0 fully saturated rings. The predicted octanol–water partition coefficient (Wildman–Crippen LogP) is 3.14. The van der Waals surface area contributed by atoms with Gasteiger partial charge in [0.05, 0.1) is 18.2 Å². The van der Waals surface area contributed by atoms with Gasteiger partial charge in [0.2, 0.25) is 11.8 Å². The summed E-state index contributed by atoms with van der Waals surface area (Å²) in [5, 5.41) is 2.70. The van der Waals surface area contributed by atoms with Gasteiger partial charge >= 0.3 is 6.18 Å². The van der Waals surface area contributed by atoms with Gasteiger partial charge in [-0.2, -0.15) is 13.2 Å². The highest BCUT2D eigenvalue weighted by atomic mass is 19.4. The van der Waals surface area contributed by atoms with E-state index in [9.17, 15) is 22.8 Å². The molecular formula is C16H21F3N2O2. The van der Waals surface area contributed by atoms with Gasteiger partial charge in [-0.15, -0.1) is 0 Å². The highest BCUT2D eigenvalue weighted by Gasteiger charge is 2.31. The highest BCUT2D eigenvalue weighted by Crippen LogP contribution is 2.31. The number of hydrogen-bond donors (Lipinski definition) is 1. The number of alkyl halides is 3. The number of carbonyl (C=O) groups is 2. The van der Waals surface area contributed by atoms with Crippen molar-refractivity contribution in [3.63, 3.8) is 0 Å². The van der Waals surface area contributed by atoms with Gasteiger partial charge < -0.3 is 10.2 Å². The summed E-state index contributed by atoms with van der Waals surface area (Å²) in [5.41, 5.74) is -0.341.